The molecule has 0 bridgehead atoms. The standard InChI is InChI=1S/C9H12N2.C2H6/c1-4-5-10-9-6-8(2)7-11(9)3;1-2/h4-7H,1H2,2-3H3;1-2H3/b10-5-;. The van der Waals surface area contributed by atoms with Gasteiger partial charge in [0.25, 0.3) is 0 Å². The summed E-state index contributed by atoms with van der Waals surface area (Å²) < 4.78 is 1.98. The predicted octanol–water partition coefficient (Wildman–Crippen LogP) is 3.25. The van der Waals surface area contributed by atoms with E-state index in [0.29, 0.717) is 0 Å². The van der Waals surface area contributed by atoms with Crippen LogP contribution in [0.2, 0.25) is 0 Å². The fourth-order valence-corrected chi connectivity index (χ4v) is 0.972. The Labute approximate surface area is 80.6 Å². The maximum atomic E-state index is 4.16. The van der Waals surface area contributed by atoms with Gasteiger partial charge in [0.15, 0.2) is 0 Å². The number of hydrogen-bond donors (Lipinski definition) is 0. The van der Waals surface area contributed by atoms with E-state index in [1.807, 2.05) is 44.6 Å². The van der Waals surface area contributed by atoms with Gasteiger partial charge in [-0.2, -0.15) is 0 Å². The second kappa shape index (κ2) is 6.23. The first-order valence-corrected chi connectivity index (χ1v) is 4.52. The van der Waals surface area contributed by atoms with Crippen LogP contribution in [0.25, 0.3) is 0 Å². The summed E-state index contributed by atoms with van der Waals surface area (Å²) in [5, 5.41) is 0. The lowest BCUT2D eigenvalue weighted by atomic mass is 10.4. The van der Waals surface area contributed by atoms with Gasteiger partial charge in [0.1, 0.15) is 5.82 Å². The van der Waals surface area contributed by atoms with Crippen LogP contribution >= 0.6 is 0 Å². The smallest absolute Gasteiger partial charge is 0.132 e. The van der Waals surface area contributed by atoms with Gasteiger partial charge in [0, 0.05) is 19.5 Å². The van der Waals surface area contributed by atoms with Gasteiger partial charge in [-0.1, -0.05) is 26.5 Å². The topological polar surface area (TPSA) is 17.3 Å². The average molecular weight is 178 g/mol. The molecule has 2 heteroatoms. The van der Waals surface area contributed by atoms with Crippen molar-refractivity contribution in [3.05, 3.63) is 30.5 Å². The van der Waals surface area contributed by atoms with E-state index < -0.39 is 0 Å². The van der Waals surface area contributed by atoms with Crippen molar-refractivity contribution in [2.45, 2.75) is 20.8 Å². The highest BCUT2D eigenvalue weighted by molar-refractivity contribution is 5.73. The highest BCUT2D eigenvalue weighted by Gasteiger charge is 1.94. The molecule has 0 radical (unpaired) electrons. The normalized spacial score (nSPS) is 9.54. The molecule has 72 valence electrons. The lowest BCUT2D eigenvalue weighted by molar-refractivity contribution is 0.924. The third-order valence-corrected chi connectivity index (χ3v) is 1.43. The Morgan fingerprint density at radius 1 is 1.46 bits per heavy atom. The molecule has 1 rings (SSSR count). The van der Waals surface area contributed by atoms with Crippen LogP contribution in [-0.2, 0) is 7.05 Å². The molecule has 0 saturated carbocycles. The van der Waals surface area contributed by atoms with Crippen molar-refractivity contribution in [1.82, 2.24) is 4.57 Å². The molecule has 0 aliphatic rings. The van der Waals surface area contributed by atoms with Crippen molar-refractivity contribution in [1.29, 1.82) is 0 Å². The molecule has 0 saturated heterocycles. The SMILES string of the molecule is C=C/C=N\c1cc(C)cn1C.CC. The molecule has 1 aromatic heterocycles. The lowest BCUT2D eigenvalue weighted by Crippen LogP contribution is -1.81. The monoisotopic (exact) mass is 178 g/mol. The van der Waals surface area contributed by atoms with Gasteiger partial charge in [-0.3, -0.25) is 0 Å². The summed E-state index contributed by atoms with van der Waals surface area (Å²) in [4.78, 5) is 4.16. The number of aryl methyl sites for hydroxylation is 2. The Balaban J connectivity index is 0.000000671. The minimum Gasteiger partial charge on any atom is -0.336 e. The van der Waals surface area contributed by atoms with Crippen molar-refractivity contribution < 1.29 is 0 Å². The van der Waals surface area contributed by atoms with Crippen LogP contribution in [0, 0.1) is 6.92 Å². The van der Waals surface area contributed by atoms with Crippen molar-refractivity contribution in [2.24, 2.45) is 12.0 Å². The number of aliphatic imine (C=N–C) groups is 1. The Morgan fingerprint density at radius 3 is 2.46 bits per heavy atom. The molecule has 0 unspecified atom stereocenters. The molecule has 1 aromatic rings. The maximum Gasteiger partial charge on any atom is 0.132 e. The molecule has 1 heterocycles. The largest absolute Gasteiger partial charge is 0.336 e. The average Bonchev–Trinajstić information content (AvgIpc) is 2.45. The first-order valence-electron chi connectivity index (χ1n) is 4.52. The molecule has 0 atom stereocenters. The molecule has 0 spiro atoms. The predicted molar refractivity (Wildman–Crippen MR) is 59.8 cm³/mol. The van der Waals surface area contributed by atoms with E-state index in [2.05, 4.69) is 11.6 Å². The van der Waals surface area contributed by atoms with Gasteiger partial charge >= 0.3 is 0 Å². The van der Waals surface area contributed by atoms with Crippen molar-refractivity contribution in [3.63, 3.8) is 0 Å². The van der Waals surface area contributed by atoms with E-state index in [0.717, 1.165) is 5.82 Å². The molecule has 0 aromatic carbocycles. The van der Waals surface area contributed by atoms with Gasteiger partial charge in [0.2, 0.25) is 0 Å². The fraction of sp³-hybridized carbons (Fsp3) is 0.364. The van der Waals surface area contributed by atoms with Crippen molar-refractivity contribution in [3.8, 4) is 0 Å². The summed E-state index contributed by atoms with van der Waals surface area (Å²) in [6.45, 7) is 9.60. The van der Waals surface area contributed by atoms with E-state index >= 15 is 0 Å². The Hall–Kier alpha value is -1.31. The lowest BCUT2D eigenvalue weighted by Gasteiger charge is -1.92. The summed E-state index contributed by atoms with van der Waals surface area (Å²) in [6.07, 6.45) is 5.40. The highest BCUT2D eigenvalue weighted by Crippen LogP contribution is 2.13. The first kappa shape index (κ1) is 11.7. The van der Waals surface area contributed by atoms with Crippen LogP contribution in [0.3, 0.4) is 0 Å². The minimum absolute atomic E-state index is 0.961. The van der Waals surface area contributed by atoms with Gasteiger partial charge < -0.3 is 4.57 Å². The molecule has 0 amide bonds. The quantitative estimate of drug-likeness (QED) is 0.618. The molecular formula is C11H18N2. The first-order chi connectivity index (χ1) is 6.24. The molecule has 0 N–H and O–H groups in total. The Kier molecular flexibility index (Phi) is 5.60. The molecule has 0 aliphatic heterocycles. The van der Waals surface area contributed by atoms with E-state index in [4.69, 9.17) is 0 Å². The number of rotatable bonds is 2. The zero-order valence-corrected chi connectivity index (χ0v) is 8.91. The van der Waals surface area contributed by atoms with Crippen LogP contribution < -0.4 is 0 Å². The van der Waals surface area contributed by atoms with E-state index in [-0.39, 0.29) is 0 Å². The van der Waals surface area contributed by atoms with Gasteiger partial charge in [0.05, 0.1) is 0 Å². The van der Waals surface area contributed by atoms with Crippen molar-refractivity contribution >= 4 is 12.0 Å². The number of aromatic nitrogens is 1. The fourth-order valence-electron chi connectivity index (χ4n) is 0.972. The summed E-state index contributed by atoms with van der Waals surface area (Å²) in [5.74, 6) is 0.961. The van der Waals surface area contributed by atoms with Gasteiger partial charge in [-0.25, -0.2) is 4.99 Å². The summed E-state index contributed by atoms with van der Waals surface area (Å²) in [7, 11) is 1.97. The summed E-state index contributed by atoms with van der Waals surface area (Å²) in [6, 6.07) is 2.03. The molecule has 0 fully saturated rings. The molecule has 0 aliphatic carbocycles. The second-order valence-electron chi connectivity index (χ2n) is 2.50. The number of nitrogens with zero attached hydrogens (tertiary/aromatic N) is 2. The van der Waals surface area contributed by atoms with Crippen LogP contribution in [0.1, 0.15) is 19.4 Å². The van der Waals surface area contributed by atoms with Gasteiger partial charge in [-0.05, 0) is 18.6 Å². The van der Waals surface area contributed by atoms with Crippen LogP contribution in [-0.4, -0.2) is 10.8 Å². The third-order valence-electron chi connectivity index (χ3n) is 1.43. The number of allylic oxidation sites excluding steroid dienone is 1. The zero-order chi connectivity index (χ0) is 10.3. The van der Waals surface area contributed by atoms with E-state index in [1.165, 1.54) is 5.56 Å². The maximum absolute atomic E-state index is 4.16. The third kappa shape index (κ3) is 3.74. The summed E-state index contributed by atoms with van der Waals surface area (Å²) in [5.41, 5.74) is 1.23. The minimum atomic E-state index is 0.961. The van der Waals surface area contributed by atoms with E-state index in [9.17, 15) is 0 Å². The molecule has 2 nitrogen and oxygen atoms in total. The van der Waals surface area contributed by atoms with Crippen LogP contribution in [0.5, 0.6) is 0 Å². The van der Waals surface area contributed by atoms with E-state index in [1.54, 1.807) is 12.3 Å². The molecular weight excluding hydrogens is 160 g/mol. The summed E-state index contributed by atoms with van der Waals surface area (Å²) >= 11 is 0. The number of hydrogen-bond acceptors (Lipinski definition) is 1. The second-order valence-corrected chi connectivity index (χ2v) is 2.50. The van der Waals surface area contributed by atoms with Gasteiger partial charge in [-0.15, -0.1) is 0 Å². The zero-order valence-electron chi connectivity index (χ0n) is 8.91. The van der Waals surface area contributed by atoms with Crippen LogP contribution in [0.4, 0.5) is 5.82 Å². The Bertz CT molecular complexity index is 282. The molecule has 13 heavy (non-hydrogen) atoms. The Morgan fingerprint density at radius 2 is 2.08 bits per heavy atom. The van der Waals surface area contributed by atoms with Crippen LogP contribution in [0.15, 0.2) is 29.9 Å². The van der Waals surface area contributed by atoms with Crippen molar-refractivity contribution in [2.75, 3.05) is 0 Å². The highest BCUT2D eigenvalue weighted by atomic mass is 15.0.